The van der Waals surface area contributed by atoms with Gasteiger partial charge in [-0.05, 0) is 35.4 Å². The van der Waals surface area contributed by atoms with Crippen molar-refractivity contribution in [3.63, 3.8) is 0 Å². The lowest BCUT2D eigenvalue weighted by atomic mass is 10.0. The summed E-state index contributed by atoms with van der Waals surface area (Å²) in [4.78, 5) is 22.1. The van der Waals surface area contributed by atoms with Crippen LogP contribution in [0.15, 0.2) is 36.4 Å². The van der Waals surface area contributed by atoms with Gasteiger partial charge in [-0.2, -0.15) is 0 Å². The third kappa shape index (κ3) is 2.76. The Labute approximate surface area is 124 Å². The minimum absolute atomic E-state index is 0.0454. The number of carboxylic acids is 2. The molecule has 4 nitrogen and oxygen atoms in total. The molecule has 0 heterocycles. The first-order valence-corrected chi connectivity index (χ1v) is 6.22. The van der Waals surface area contributed by atoms with Gasteiger partial charge >= 0.3 is 11.9 Å². The first-order valence-electron chi connectivity index (χ1n) is 5.46. The SMILES string of the molecule is O=C(O)c1cc(-c2ccc(Cl)c(C(=O)O)c2)ccc1Cl. The molecule has 2 aromatic rings. The van der Waals surface area contributed by atoms with Crippen molar-refractivity contribution >= 4 is 35.1 Å². The number of aromatic carboxylic acids is 2. The van der Waals surface area contributed by atoms with E-state index in [1.54, 1.807) is 12.1 Å². The van der Waals surface area contributed by atoms with Gasteiger partial charge in [-0.1, -0.05) is 35.3 Å². The van der Waals surface area contributed by atoms with Crippen LogP contribution in [-0.2, 0) is 0 Å². The largest absolute Gasteiger partial charge is 0.478 e. The molecular formula is C14H8Cl2O4. The number of halogens is 2. The van der Waals surface area contributed by atoms with Crippen molar-refractivity contribution in [2.75, 3.05) is 0 Å². The summed E-state index contributed by atoms with van der Waals surface area (Å²) in [6, 6.07) is 8.91. The van der Waals surface area contributed by atoms with E-state index in [-0.39, 0.29) is 21.2 Å². The molecule has 2 rings (SSSR count). The number of benzene rings is 2. The molecule has 0 bridgehead atoms. The van der Waals surface area contributed by atoms with E-state index in [2.05, 4.69) is 0 Å². The number of carbonyl (C=O) groups is 2. The number of hydrogen-bond acceptors (Lipinski definition) is 2. The Morgan fingerprint density at radius 3 is 1.40 bits per heavy atom. The summed E-state index contributed by atoms with van der Waals surface area (Å²) in [5, 5.41) is 18.3. The third-order valence-electron chi connectivity index (χ3n) is 2.73. The summed E-state index contributed by atoms with van der Waals surface area (Å²) >= 11 is 11.6. The molecule has 0 aromatic heterocycles. The van der Waals surface area contributed by atoms with E-state index in [0.29, 0.717) is 11.1 Å². The van der Waals surface area contributed by atoms with Crippen molar-refractivity contribution in [3.8, 4) is 11.1 Å². The standard InChI is InChI=1S/C14H8Cl2O4/c15-11-3-1-7(5-9(11)13(17)18)8-2-4-12(16)10(6-8)14(19)20/h1-6H,(H,17,18)(H,19,20). The van der Waals surface area contributed by atoms with E-state index in [0.717, 1.165) is 0 Å². The fourth-order valence-electron chi connectivity index (χ4n) is 1.74. The van der Waals surface area contributed by atoms with Crippen LogP contribution in [0.25, 0.3) is 11.1 Å². The van der Waals surface area contributed by atoms with Crippen LogP contribution in [0.5, 0.6) is 0 Å². The highest BCUT2D eigenvalue weighted by atomic mass is 35.5. The lowest BCUT2D eigenvalue weighted by Crippen LogP contribution is -1.99. The molecule has 20 heavy (non-hydrogen) atoms. The highest BCUT2D eigenvalue weighted by molar-refractivity contribution is 6.34. The van der Waals surface area contributed by atoms with Gasteiger partial charge in [0.25, 0.3) is 0 Å². The van der Waals surface area contributed by atoms with E-state index in [4.69, 9.17) is 33.4 Å². The van der Waals surface area contributed by atoms with Crippen LogP contribution in [0.4, 0.5) is 0 Å². The summed E-state index contributed by atoms with van der Waals surface area (Å²) in [5.41, 5.74) is 1.00. The lowest BCUT2D eigenvalue weighted by Gasteiger charge is -2.07. The van der Waals surface area contributed by atoms with E-state index in [1.807, 2.05) is 0 Å². The minimum Gasteiger partial charge on any atom is -0.478 e. The molecule has 0 aliphatic rings. The first-order chi connectivity index (χ1) is 9.40. The lowest BCUT2D eigenvalue weighted by molar-refractivity contribution is 0.0686. The highest BCUT2D eigenvalue weighted by Crippen LogP contribution is 2.28. The molecule has 0 fully saturated rings. The molecule has 0 amide bonds. The minimum atomic E-state index is -1.15. The Hall–Kier alpha value is -2.04. The molecule has 0 aliphatic heterocycles. The molecule has 0 atom stereocenters. The number of hydrogen-bond donors (Lipinski definition) is 2. The third-order valence-corrected chi connectivity index (χ3v) is 3.39. The number of carboxylic acid groups (broad SMARTS) is 2. The van der Waals surface area contributed by atoms with Gasteiger partial charge in [0, 0.05) is 0 Å². The fourth-order valence-corrected chi connectivity index (χ4v) is 2.13. The van der Waals surface area contributed by atoms with Gasteiger partial charge in [0.15, 0.2) is 0 Å². The molecule has 2 N–H and O–H groups in total. The summed E-state index contributed by atoms with van der Waals surface area (Å²) in [7, 11) is 0. The molecule has 0 saturated heterocycles. The van der Waals surface area contributed by atoms with Crippen LogP contribution in [-0.4, -0.2) is 22.2 Å². The van der Waals surface area contributed by atoms with Crippen LogP contribution < -0.4 is 0 Å². The maximum atomic E-state index is 11.0. The van der Waals surface area contributed by atoms with Gasteiger partial charge in [0.1, 0.15) is 0 Å². The monoisotopic (exact) mass is 310 g/mol. The van der Waals surface area contributed by atoms with Gasteiger partial charge in [-0.3, -0.25) is 0 Å². The van der Waals surface area contributed by atoms with Gasteiger partial charge in [-0.25, -0.2) is 9.59 Å². The maximum absolute atomic E-state index is 11.0. The van der Waals surface area contributed by atoms with Gasteiger partial charge < -0.3 is 10.2 Å². The zero-order chi connectivity index (χ0) is 14.9. The van der Waals surface area contributed by atoms with Crippen molar-refractivity contribution in [2.24, 2.45) is 0 Å². The molecule has 0 radical (unpaired) electrons. The summed E-state index contributed by atoms with van der Waals surface area (Å²) in [6.45, 7) is 0. The Morgan fingerprint density at radius 1 is 0.750 bits per heavy atom. The molecule has 0 saturated carbocycles. The molecule has 6 heteroatoms. The average Bonchev–Trinajstić information content (AvgIpc) is 2.39. The predicted octanol–water partition coefficient (Wildman–Crippen LogP) is 4.06. The Kier molecular flexibility index (Phi) is 3.97. The molecule has 0 aliphatic carbocycles. The van der Waals surface area contributed by atoms with Crippen LogP contribution in [0, 0.1) is 0 Å². The average molecular weight is 311 g/mol. The summed E-state index contributed by atoms with van der Waals surface area (Å²) in [6.07, 6.45) is 0. The first kappa shape index (κ1) is 14.4. The molecular weight excluding hydrogens is 303 g/mol. The molecule has 2 aromatic carbocycles. The van der Waals surface area contributed by atoms with Crippen molar-refractivity contribution in [1.82, 2.24) is 0 Å². The second-order valence-corrected chi connectivity index (χ2v) is 4.81. The Morgan fingerprint density at radius 2 is 1.10 bits per heavy atom. The van der Waals surface area contributed by atoms with E-state index < -0.39 is 11.9 Å². The van der Waals surface area contributed by atoms with Crippen LogP contribution in [0.2, 0.25) is 10.0 Å². The van der Waals surface area contributed by atoms with Crippen molar-refractivity contribution in [3.05, 3.63) is 57.6 Å². The zero-order valence-electron chi connectivity index (χ0n) is 9.93. The highest BCUT2D eigenvalue weighted by Gasteiger charge is 2.13. The van der Waals surface area contributed by atoms with E-state index in [1.165, 1.54) is 24.3 Å². The van der Waals surface area contributed by atoms with Crippen molar-refractivity contribution in [2.45, 2.75) is 0 Å². The second-order valence-electron chi connectivity index (χ2n) is 4.00. The predicted molar refractivity (Wildman–Crippen MR) is 75.8 cm³/mol. The van der Waals surface area contributed by atoms with Crippen LogP contribution in [0.3, 0.4) is 0 Å². The van der Waals surface area contributed by atoms with E-state index in [9.17, 15) is 9.59 Å². The Bertz CT molecular complexity index is 649. The van der Waals surface area contributed by atoms with Gasteiger partial charge in [-0.15, -0.1) is 0 Å². The van der Waals surface area contributed by atoms with Crippen LogP contribution >= 0.6 is 23.2 Å². The Balaban J connectivity index is 2.57. The molecule has 0 spiro atoms. The quantitative estimate of drug-likeness (QED) is 0.896. The second kappa shape index (κ2) is 5.53. The summed E-state index contributed by atoms with van der Waals surface area (Å²) in [5.74, 6) is -2.30. The maximum Gasteiger partial charge on any atom is 0.337 e. The molecule has 102 valence electrons. The smallest absolute Gasteiger partial charge is 0.337 e. The van der Waals surface area contributed by atoms with Crippen molar-refractivity contribution in [1.29, 1.82) is 0 Å². The summed E-state index contributed by atoms with van der Waals surface area (Å²) < 4.78 is 0. The van der Waals surface area contributed by atoms with Crippen molar-refractivity contribution < 1.29 is 19.8 Å². The fraction of sp³-hybridized carbons (Fsp3) is 0. The topological polar surface area (TPSA) is 74.6 Å². The van der Waals surface area contributed by atoms with Gasteiger partial charge in [0.05, 0.1) is 21.2 Å². The normalized spacial score (nSPS) is 10.3. The van der Waals surface area contributed by atoms with E-state index >= 15 is 0 Å². The van der Waals surface area contributed by atoms with Gasteiger partial charge in [0.2, 0.25) is 0 Å². The molecule has 0 unspecified atom stereocenters. The number of rotatable bonds is 3. The van der Waals surface area contributed by atoms with Crippen LogP contribution in [0.1, 0.15) is 20.7 Å². The zero-order valence-corrected chi connectivity index (χ0v) is 11.4.